The maximum absolute atomic E-state index is 12.2. The Hall–Kier alpha value is -3.94. The molecule has 0 bridgehead atoms. The van der Waals surface area contributed by atoms with Crippen molar-refractivity contribution in [2.45, 2.75) is 26.7 Å². The Morgan fingerprint density at radius 1 is 1.06 bits per heavy atom. The summed E-state index contributed by atoms with van der Waals surface area (Å²) in [5.74, 6) is 1.37. The molecule has 0 saturated carbocycles. The highest BCUT2D eigenvalue weighted by molar-refractivity contribution is 5.82. The van der Waals surface area contributed by atoms with E-state index in [1.165, 1.54) is 12.1 Å². The zero-order chi connectivity index (χ0) is 21.8. The lowest BCUT2D eigenvalue weighted by Crippen LogP contribution is -2.09. The summed E-state index contributed by atoms with van der Waals surface area (Å²) in [6.07, 6.45) is 0.297. The van der Waals surface area contributed by atoms with E-state index >= 15 is 0 Å². The Balaban J connectivity index is 1.37. The van der Waals surface area contributed by atoms with Gasteiger partial charge in [0.05, 0.1) is 13.0 Å². The highest BCUT2D eigenvalue weighted by Crippen LogP contribution is 2.23. The summed E-state index contributed by atoms with van der Waals surface area (Å²) < 4.78 is 21.2. The van der Waals surface area contributed by atoms with Crippen LogP contribution < -0.4 is 15.1 Å². The lowest BCUT2D eigenvalue weighted by molar-refractivity contribution is -0.134. The van der Waals surface area contributed by atoms with Gasteiger partial charge in [-0.25, -0.2) is 4.79 Å². The molecular weight excluding hydrogens is 400 g/mol. The van der Waals surface area contributed by atoms with Gasteiger partial charge in [0, 0.05) is 29.5 Å². The monoisotopic (exact) mass is 420 g/mol. The molecule has 0 aliphatic rings. The van der Waals surface area contributed by atoms with Crippen molar-refractivity contribution in [1.29, 1.82) is 0 Å². The summed E-state index contributed by atoms with van der Waals surface area (Å²) in [5.41, 5.74) is 1.50. The van der Waals surface area contributed by atoms with Gasteiger partial charge in [-0.2, -0.15) is 4.98 Å². The van der Waals surface area contributed by atoms with E-state index in [2.05, 4.69) is 10.1 Å². The minimum absolute atomic E-state index is 0.0563. The highest BCUT2D eigenvalue weighted by atomic mass is 16.5. The molecule has 0 unspecified atom stereocenters. The molecule has 2 heterocycles. The van der Waals surface area contributed by atoms with Gasteiger partial charge in [-0.15, -0.1) is 0 Å². The molecule has 0 spiro atoms. The number of hydrogen-bond donors (Lipinski definition) is 0. The van der Waals surface area contributed by atoms with E-state index < -0.39 is 11.6 Å². The Morgan fingerprint density at radius 3 is 2.61 bits per heavy atom. The first kappa shape index (κ1) is 20.3. The van der Waals surface area contributed by atoms with Crippen LogP contribution in [0.15, 0.2) is 62.3 Å². The Bertz CT molecular complexity index is 1270. The van der Waals surface area contributed by atoms with E-state index in [1.807, 2.05) is 38.1 Å². The molecule has 2 aromatic carbocycles. The number of rotatable bonds is 7. The van der Waals surface area contributed by atoms with Gasteiger partial charge < -0.3 is 18.4 Å². The van der Waals surface area contributed by atoms with Crippen LogP contribution in [0.5, 0.6) is 11.5 Å². The number of esters is 1. The maximum Gasteiger partial charge on any atom is 0.336 e. The maximum atomic E-state index is 12.2. The van der Waals surface area contributed by atoms with Crippen LogP contribution in [0.2, 0.25) is 0 Å². The fraction of sp³-hybridized carbons (Fsp3) is 0.217. The average Bonchev–Trinajstić information content (AvgIpc) is 3.22. The molecule has 4 aromatic rings. The molecule has 0 saturated heterocycles. The molecule has 0 aliphatic heterocycles. The van der Waals surface area contributed by atoms with Crippen molar-refractivity contribution in [3.63, 3.8) is 0 Å². The number of nitrogens with zero attached hydrogens (tertiary/aromatic N) is 2. The van der Waals surface area contributed by atoms with E-state index in [1.54, 1.807) is 12.1 Å². The molecule has 158 valence electrons. The van der Waals surface area contributed by atoms with Crippen LogP contribution in [-0.4, -0.2) is 22.7 Å². The molecule has 0 fully saturated rings. The summed E-state index contributed by atoms with van der Waals surface area (Å²) in [6.45, 7) is 4.33. The van der Waals surface area contributed by atoms with Gasteiger partial charge in [0.2, 0.25) is 11.7 Å². The fourth-order valence-electron chi connectivity index (χ4n) is 3.10. The number of ether oxygens (including phenoxy) is 2. The number of benzene rings is 2. The first-order valence-electron chi connectivity index (χ1n) is 9.83. The number of aromatic nitrogens is 2. The van der Waals surface area contributed by atoms with E-state index in [0.29, 0.717) is 29.7 Å². The normalized spacial score (nSPS) is 10.9. The number of carbonyl (C=O) groups is 1. The molecule has 0 radical (unpaired) electrons. The first-order chi connectivity index (χ1) is 15.0. The van der Waals surface area contributed by atoms with Gasteiger partial charge in [0.25, 0.3) is 0 Å². The third kappa shape index (κ3) is 4.80. The second-order valence-corrected chi connectivity index (χ2v) is 6.85. The van der Waals surface area contributed by atoms with Crippen LogP contribution in [0, 0.1) is 6.92 Å². The van der Waals surface area contributed by atoms with Crippen LogP contribution in [0.4, 0.5) is 0 Å². The summed E-state index contributed by atoms with van der Waals surface area (Å²) in [4.78, 5) is 28.1. The second-order valence-electron chi connectivity index (χ2n) is 6.85. The SMILES string of the molecule is CCOc1ccc(-c2noc(CCC(=O)Oc3ccc4c(C)cc(=O)oc4c3)n2)cc1. The van der Waals surface area contributed by atoms with Crippen LogP contribution >= 0.6 is 0 Å². The summed E-state index contributed by atoms with van der Waals surface area (Å²) in [5, 5.41) is 4.74. The van der Waals surface area contributed by atoms with E-state index in [4.69, 9.17) is 18.4 Å². The predicted octanol–water partition coefficient (Wildman–Crippen LogP) is 4.09. The number of carbonyl (C=O) groups excluding carboxylic acids is 1. The standard InChI is InChI=1S/C23H20N2O6/c1-3-28-16-6-4-15(5-7-16)23-24-20(31-25-23)10-11-21(26)29-17-8-9-18-14(2)12-22(27)30-19(18)13-17/h4-9,12-13H,3,10-11H2,1-2H3. The van der Waals surface area contributed by atoms with Crippen molar-refractivity contribution >= 4 is 16.9 Å². The largest absolute Gasteiger partial charge is 0.494 e. The Kier molecular flexibility index (Phi) is 5.79. The highest BCUT2D eigenvalue weighted by Gasteiger charge is 2.13. The zero-order valence-corrected chi connectivity index (χ0v) is 17.1. The molecule has 8 nitrogen and oxygen atoms in total. The smallest absolute Gasteiger partial charge is 0.336 e. The minimum atomic E-state index is -0.463. The van der Waals surface area contributed by atoms with Crippen molar-refractivity contribution in [3.8, 4) is 22.9 Å². The first-order valence-corrected chi connectivity index (χ1v) is 9.83. The van der Waals surface area contributed by atoms with Crippen LogP contribution in [0.3, 0.4) is 0 Å². The molecule has 31 heavy (non-hydrogen) atoms. The predicted molar refractivity (Wildman–Crippen MR) is 112 cm³/mol. The molecule has 0 N–H and O–H groups in total. The Morgan fingerprint density at radius 2 is 1.84 bits per heavy atom. The van der Waals surface area contributed by atoms with Crippen molar-refractivity contribution < 1.29 is 23.2 Å². The van der Waals surface area contributed by atoms with E-state index in [0.717, 1.165) is 22.3 Å². The van der Waals surface area contributed by atoms with E-state index in [-0.39, 0.29) is 12.8 Å². The number of fused-ring (bicyclic) bond motifs is 1. The van der Waals surface area contributed by atoms with Crippen molar-refractivity contribution in [3.05, 3.63) is 70.4 Å². The Labute approximate surface area is 177 Å². The summed E-state index contributed by atoms with van der Waals surface area (Å²) in [7, 11) is 0. The van der Waals surface area contributed by atoms with Gasteiger partial charge >= 0.3 is 11.6 Å². The van der Waals surface area contributed by atoms with Crippen LogP contribution in [0.25, 0.3) is 22.4 Å². The fourth-order valence-corrected chi connectivity index (χ4v) is 3.10. The number of aryl methyl sites for hydroxylation is 2. The second kappa shape index (κ2) is 8.83. The van der Waals surface area contributed by atoms with Crippen molar-refractivity contribution in [1.82, 2.24) is 10.1 Å². The molecule has 8 heteroatoms. The third-order valence-electron chi connectivity index (χ3n) is 4.59. The number of hydrogen-bond acceptors (Lipinski definition) is 8. The van der Waals surface area contributed by atoms with Gasteiger partial charge in [-0.1, -0.05) is 5.16 Å². The topological polar surface area (TPSA) is 105 Å². The lowest BCUT2D eigenvalue weighted by Gasteiger charge is -2.05. The zero-order valence-electron chi connectivity index (χ0n) is 17.1. The van der Waals surface area contributed by atoms with Gasteiger partial charge in [-0.3, -0.25) is 4.79 Å². The summed E-state index contributed by atoms with van der Waals surface area (Å²) >= 11 is 0. The van der Waals surface area contributed by atoms with Gasteiger partial charge in [0.1, 0.15) is 17.1 Å². The molecule has 0 amide bonds. The van der Waals surface area contributed by atoms with Gasteiger partial charge in [-0.05, 0) is 55.8 Å². The minimum Gasteiger partial charge on any atom is -0.494 e. The van der Waals surface area contributed by atoms with Gasteiger partial charge in [0.15, 0.2) is 0 Å². The van der Waals surface area contributed by atoms with Crippen molar-refractivity contribution in [2.75, 3.05) is 6.61 Å². The molecular formula is C23H20N2O6. The quantitative estimate of drug-likeness (QED) is 0.250. The average molecular weight is 420 g/mol. The molecule has 4 rings (SSSR count). The van der Waals surface area contributed by atoms with Crippen LogP contribution in [-0.2, 0) is 11.2 Å². The van der Waals surface area contributed by atoms with Crippen LogP contribution in [0.1, 0.15) is 24.8 Å². The van der Waals surface area contributed by atoms with Crippen molar-refractivity contribution in [2.24, 2.45) is 0 Å². The lowest BCUT2D eigenvalue weighted by atomic mass is 10.1. The molecule has 2 aromatic heterocycles. The van der Waals surface area contributed by atoms with E-state index in [9.17, 15) is 9.59 Å². The summed E-state index contributed by atoms with van der Waals surface area (Å²) in [6, 6.07) is 13.7. The third-order valence-corrected chi connectivity index (χ3v) is 4.59. The molecule has 0 aliphatic carbocycles. The molecule has 0 atom stereocenters.